The lowest BCUT2D eigenvalue weighted by Crippen LogP contribution is -2.49. The SMILES string of the molecule is CC(C)(C)OC(=O)N1C(=O)CC(=O)[C@H]1CO[Si](C)(C)C(C)(C)C. The molecular weight excluding hydrogens is 314 g/mol. The van der Waals surface area contributed by atoms with Gasteiger partial charge >= 0.3 is 6.09 Å². The summed E-state index contributed by atoms with van der Waals surface area (Å²) in [6, 6.07) is -0.883. The van der Waals surface area contributed by atoms with Crippen LogP contribution in [0.5, 0.6) is 0 Å². The van der Waals surface area contributed by atoms with Gasteiger partial charge in [-0.25, -0.2) is 9.69 Å². The highest BCUT2D eigenvalue weighted by Gasteiger charge is 2.46. The highest BCUT2D eigenvalue weighted by molar-refractivity contribution is 6.74. The second-order valence-electron chi connectivity index (χ2n) is 8.47. The Labute approximate surface area is 139 Å². The van der Waals surface area contributed by atoms with E-state index in [0.717, 1.165) is 4.90 Å². The van der Waals surface area contributed by atoms with Crippen LogP contribution in [0.4, 0.5) is 4.79 Å². The molecule has 0 aromatic carbocycles. The molecule has 1 heterocycles. The largest absolute Gasteiger partial charge is 0.443 e. The van der Waals surface area contributed by atoms with Crippen molar-refractivity contribution in [1.82, 2.24) is 4.90 Å². The number of Topliss-reactive ketones (excluding diaryl/α,β-unsaturated/α-hetero) is 1. The molecule has 0 saturated carbocycles. The van der Waals surface area contributed by atoms with Crippen LogP contribution in [0.1, 0.15) is 48.0 Å². The lowest BCUT2D eigenvalue weighted by molar-refractivity contribution is -0.128. The van der Waals surface area contributed by atoms with Crippen LogP contribution in [-0.2, 0) is 18.8 Å². The molecule has 132 valence electrons. The van der Waals surface area contributed by atoms with Gasteiger partial charge < -0.3 is 9.16 Å². The predicted molar refractivity (Wildman–Crippen MR) is 89.6 cm³/mol. The van der Waals surface area contributed by atoms with Crippen molar-refractivity contribution in [1.29, 1.82) is 0 Å². The number of ketones is 1. The molecule has 1 fully saturated rings. The summed E-state index contributed by atoms with van der Waals surface area (Å²) < 4.78 is 11.3. The van der Waals surface area contributed by atoms with Gasteiger partial charge in [0.15, 0.2) is 14.1 Å². The summed E-state index contributed by atoms with van der Waals surface area (Å²) in [5, 5.41) is -0.0184. The molecular formula is C16H29NO5Si. The van der Waals surface area contributed by atoms with Crippen molar-refractivity contribution in [2.75, 3.05) is 6.61 Å². The Morgan fingerprint density at radius 3 is 2.13 bits per heavy atom. The first-order chi connectivity index (χ1) is 10.2. The lowest BCUT2D eigenvalue weighted by Gasteiger charge is -2.37. The van der Waals surface area contributed by atoms with Crippen molar-refractivity contribution >= 4 is 26.1 Å². The minimum atomic E-state index is -2.08. The molecule has 0 N–H and O–H groups in total. The van der Waals surface area contributed by atoms with Crippen LogP contribution in [0.15, 0.2) is 0 Å². The fourth-order valence-electron chi connectivity index (χ4n) is 1.88. The maximum atomic E-state index is 12.2. The third-order valence-corrected chi connectivity index (χ3v) is 8.78. The second kappa shape index (κ2) is 6.35. The van der Waals surface area contributed by atoms with Crippen LogP contribution in [0, 0.1) is 0 Å². The minimum absolute atomic E-state index is 0.0184. The Bertz CT molecular complexity index is 502. The van der Waals surface area contributed by atoms with Gasteiger partial charge in [-0.05, 0) is 38.9 Å². The second-order valence-corrected chi connectivity index (χ2v) is 13.3. The average molecular weight is 343 g/mol. The van der Waals surface area contributed by atoms with Gasteiger partial charge in [0.05, 0.1) is 13.0 Å². The first kappa shape index (κ1) is 19.8. The van der Waals surface area contributed by atoms with E-state index in [1.165, 1.54) is 0 Å². The van der Waals surface area contributed by atoms with E-state index < -0.39 is 32.0 Å². The van der Waals surface area contributed by atoms with E-state index in [-0.39, 0.29) is 23.8 Å². The first-order valence-corrected chi connectivity index (χ1v) is 10.8. The summed E-state index contributed by atoms with van der Waals surface area (Å²) in [7, 11) is -2.08. The Morgan fingerprint density at radius 2 is 1.70 bits per heavy atom. The molecule has 6 nitrogen and oxygen atoms in total. The maximum Gasteiger partial charge on any atom is 0.417 e. The molecule has 7 heteroatoms. The van der Waals surface area contributed by atoms with E-state index >= 15 is 0 Å². The van der Waals surface area contributed by atoms with E-state index in [1.54, 1.807) is 20.8 Å². The summed E-state index contributed by atoms with van der Waals surface area (Å²) in [5.74, 6) is -0.812. The Kier molecular flexibility index (Phi) is 5.48. The van der Waals surface area contributed by atoms with Crippen LogP contribution in [0.3, 0.4) is 0 Å². The molecule has 0 bridgehead atoms. The number of carbonyl (C=O) groups is 3. The van der Waals surface area contributed by atoms with Gasteiger partial charge in [0.1, 0.15) is 11.6 Å². The van der Waals surface area contributed by atoms with Gasteiger partial charge in [0, 0.05) is 0 Å². The van der Waals surface area contributed by atoms with E-state index in [1.807, 2.05) is 0 Å². The number of hydrogen-bond donors (Lipinski definition) is 0. The normalized spacial score (nSPS) is 20.2. The van der Waals surface area contributed by atoms with Crippen molar-refractivity contribution < 1.29 is 23.5 Å². The van der Waals surface area contributed by atoms with Crippen molar-refractivity contribution in [3.8, 4) is 0 Å². The van der Waals surface area contributed by atoms with Crippen LogP contribution < -0.4 is 0 Å². The standard InChI is InChI=1S/C16H29NO5Si/c1-15(2,3)22-14(20)17-11(12(18)9-13(17)19)10-21-23(7,8)16(4,5)6/h11H,9-10H2,1-8H3/t11-/m1/s1. The molecule has 1 rings (SSSR count). The van der Waals surface area contributed by atoms with Crippen LogP contribution in [-0.4, -0.2) is 49.3 Å². The summed E-state index contributed by atoms with van der Waals surface area (Å²) in [6.45, 7) is 15.6. The highest BCUT2D eigenvalue weighted by Crippen LogP contribution is 2.37. The molecule has 0 aromatic heterocycles. The fraction of sp³-hybridized carbons (Fsp3) is 0.812. The number of amides is 2. The maximum absolute atomic E-state index is 12.2. The van der Waals surface area contributed by atoms with Crippen LogP contribution in [0.2, 0.25) is 18.1 Å². The molecule has 0 aliphatic carbocycles. The van der Waals surface area contributed by atoms with Gasteiger partial charge in [-0.3, -0.25) is 9.59 Å². The number of rotatable bonds is 3. The number of carbonyl (C=O) groups excluding carboxylic acids is 3. The van der Waals surface area contributed by atoms with Gasteiger partial charge in [-0.1, -0.05) is 20.8 Å². The molecule has 1 aliphatic heterocycles. The van der Waals surface area contributed by atoms with Gasteiger partial charge in [-0.2, -0.15) is 0 Å². The number of imide groups is 1. The molecule has 2 amide bonds. The summed E-state index contributed by atoms with van der Waals surface area (Å²) in [4.78, 5) is 37.3. The molecule has 0 unspecified atom stereocenters. The van der Waals surface area contributed by atoms with Crippen molar-refractivity contribution in [2.24, 2.45) is 0 Å². The summed E-state index contributed by atoms with van der Waals surface area (Å²) in [5.41, 5.74) is -0.728. The van der Waals surface area contributed by atoms with Crippen LogP contribution in [0.25, 0.3) is 0 Å². The zero-order chi connectivity index (χ0) is 18.2. The van der Waals surface area contributed by atoms with Gasteiger partial charge in [-0.15, -0.1) is 0 Å². The topological polar surface area (TPSA) is 72.9 Å². The zero-order valence-electron chi connectivity index (χ0n) is 15.5. The molecule has 23 heavy (non-hydrogen) atoms. The number of hydrogen-bond acceptors (Lipinski definition) is 5. The fourth-order valence-corrected chi connectivity index (χ4v) is 2.89. The predicted octanol–water partition coefficient (Wildman–Crippen LogP) is 3.11. The van der Waals surface area contributed by atoms with E-state index in [0.29, 0.717) is 0 Å². The molecule has 1 atom stereocenters. The van der Waals surface area contributed by atoms with Gasteiger partial charge in [0.2, 0.25) is 5.91 Å². The van der Waals surface area contributed by atoms with E-state index in [4.69, 9.17) is 9.16 Å². The summed E-state index contributed by atoms with van der Waals surface area (Å²) in [6.07, 6.45) is -1.05. The quantitative estimate of drug-likeness (QED) is 0.581. The monoisotopic (exact) mass is 343 g/mol. The third-order valence-electron chi connectivity index (χ3n) is 4.28. The Balaban J connectivity index is 2.88. The van der Waals surface area contributed by atoms with Crippen LogP contribution >= 0.6 is 0 Å². The molecule has 0 aromatic rings. The zero-order valence-corrected chi connectivity index (χ0v) is 16.5. The molecule has 1 aliphatic rings. The lowest BCUT2D eigenvalue weighted by atomic mass is 10.2. The number of nitrogens with zero attached hydrogens (tertiary/aromatic N) is 1. The van der Waals surface area contributed by atoms with E-state index in [9.17, 15) is 14.4 Å². The highest BCUT2D eigenvalue weighted by atomic mass is 28.4. The average Bonchev–Trinajstić information content (AvgIpc) is 2.57. The smallest absolute Gasteiger partial charge is 0.417 e. The van der Waals surface area contributed by atoms with Crippen molar-refractivity contribution in [3.05, 3.63) is 0 Å². The molecule has 0 radical (unpaired) electrons. The first-order valence-electron chi connectivity index (χ1n) is 7.87. The summed E-state index contributed by atoms with van der Waals surface area (Å²) >= 11 is 0. The molecule has 0 spiro atoms. The minimum Gasteiger partial charge on any atom is -0.443 e. The third kappa shape index (κ3) is 4.88. The van der Waals surface area contributed by atoms with Gasteiger partial charge in [0.25, 0.3) is 0 Å². The number of ether oxygens (including phenoxy) is 1. The molecule has 1 saturated heterocycles. The van der Waals surface area contributed by atoms with E-state index in [2.05, 4.69) is 33.9 Å². The Morgan fingerprint density at radius 1 is 1.17 bits per heavy atom. The number of likely N-dealkylation sites (tertiary alicyclic amines) is 1. The Hall–Kier alpha value is -1.21. The van der Waals surface area contributed by atoms with Crippen molar-refractivity contribution in [3.63, 3.8) is 0 Å². The van der Waals surface area contributed by atoms with Crippen molar-refractivity contribution in [2.45, 2.75) is 77.7 Å².